The molecule has 0 aliphatic rings. The summed E-state index contributed by atoms with van der Waals surface area (Å²) in [6.07, 6.45) is 0.926. The summed E-state index contributed by atoms with van der Waals surface area (Å²) in [4.78, 5) is 3.78. The molecule has 0 fully saturated rings. The van der Waals surface area contributed by atoms with E-state index in [1.54, 1.807) is 0 Å². The number of pyridine rings is 1. The maximum Gasteiger partial charge on any atom is 0.106 e. The van der Waals surface area contributed by atoms with Gasteiger partial charge in [-0.05, 0) is 12.5 Å². The van der Waals surface area contributed by atoms with Crippen molar-refractivity contribution >= 4 is 11.6 Å². The minimum atomic E-state index is -1.06. The maximum absolute atomic E-state index is 9.58. The molecule has 2 unspecified atom stereocenters. The highest BCUT2D eigenvalue weighted by atomic mass is 35.5. The van der Waals surface area contributed by atoms with Crippen LogP contribution in [0.15, 0.2) is 18.5 Å². The summed E-state index contributed by atoms with van der Waals surface area (Å²) in [5.74, 6) is 0. The van der Waals surface area contributed by atoms with E-state index < -0.39 is 12.2 Å². The maximum atomic E-state index is 9.58. The molecule has 0 aliphatic heterocycles. The summed E-state index contributed by atoms with van der Waals surface area (Å²) in [7, 11) is 0. The first-order valence-corrected chi connectivity index (χ1v) is 4.60. The molecule has 1 rings (SSSR count). The van der Waals surface area contributed by atoms with Crippen molar-refractivity contribution in [3.8, 4) is 0 Å². The van der Waals surface area contributed by atoms with Crippen molar-refractivity contribution in [2.45, 2.75) is 18.6 Å². The van der Waals surface area contributed by atoms with Gasteiger partial charge in [0, 0.05) is 24.6 Å². The van der Waals surface area contributed by atoms with Crippen molar-refractivity contribution in [2.75, 3.05) is 6.61 Å². The van der Waals surface area contributed by atoms with Gasteiger partial charge in [0.25, 0.3) is 0 Å². The van der Waals surface area contributed by atoms with E-state index in [4.69, 9.17) is 16.7 Å². The van der Waals surface area contributed by atoms with E-state index in [9.17, 15) is 10.2 Å². The van der Waals surface area contributed by atoms with Gasteiger partial charge in [0.1, 0.15) is 6.10 Å². The van der Waals surface area contributed by atoms with Gasteiger partial charge in [-0.2, -0.15) is 0 Å². The van der Waals surface area contributed by atoms with Crippen LogP contribution in [-0.4, -0.2) is 33.0 Å². The molecule has 0 bridgehead atoms. The second kappa shape index (κ2) is 5.26. The zero-order chi connectivity index (χ0) is 10.6. The van der Waals surface area contributed by atoms with Gasteiger partial charge >= 0.3 is 0 Å². The van der Waals surface area contributed by atoms with Gasteiger partial charge in [0.05, 0.1) is 11.1 Å². The number of rotatable bonds is 4. The molecule has 4 nitrogen and oxygen atoms in total. The average Bonchev–Trinajstić information content (AvgIpc) is 2.17. The van der Waals surface area contributed by atoms with Crippen molar-refractivity contribution in [1.82, 2.24) is 4.98 Å². The lowest BCUT2D eigenvalue weighted by atomic mass is 10.0. The number of aliphatic hydroxyl groups excluding tert-OH is 3. The number of hydrogen-bond donors (Lipinski definition) is 3. The lowest BCUT2D eigenvalue weighted by molar-refractivity contribution is 0.00405. The van der Waals surface area contributed by atoms with Crippen LogP contribution in [0.2, 0.25) is 5.02 Å². The van der Waals surface area contributed by atoms with Crippen LogP contribution < -0.4 is 0 Å². The Morgan fingerprint density at radius 1 is 1.36 bits per heavy atom. The van der Waals surface area contributed by atoms with Crippen molar-refractivity contribution < 1.29 is 15.3 Å². The summed E-state index contributed by atoms with van der Waals surface area (Å²) in [6.45, 7) is -0.174. The normalized spacial score (nSPS) is 15.1. The van der Waals surface area contributed by atoms with Crippen LogP contribution in [0.25, 0.3) is 0 Å². The van der Waals surface area contributed by atoms with Crippen LogP contribution in [0, 0.1) is 0 Å². The molecule has 0 radical (unpaired) electrons. The third-order valence-corrected chi connectivity index (χ3v) is 2.06. The minimum absolute atomic E-state index is 0.119. The average molecular weight is 218 g/mol. The number of hydrogen-bond acceptors (Lipinski definition) is 4. The third-order valence-electron chi connectivity index (χ3n) is 1.86. The topological polar surface area (TPSA) is 73.6 Å². The Labute approximate surface area is 86.8 Å². The zero-order valence-electron chi connectivity index (χ0n) is 7.47. The lowest BCUT2D eigenvalue weighted by Crippen LogP contribution is -2.19. The van der Waals surface area contributed by atoms with Gasteiger partial charge in [-0.15, -0.1) is 0 Å². The quantitative estimate of drug-likeness (QED) is 0.687. The standard InChI is InChI=1S/C9H12ClNO3/c10-7-3-6(4-11-5-7)9(14)8(13)1-2-12/h3-5,8-9,12-14H,1-2H2. The lowest BCUT2D eigenvalue weighted by Gasteiger charge is -2.16. The Hall–Kier alpha value is -0.680. The number of nitrogens with zero attached hydrogens (tertiary/aromatic N) is 1. The van der Waals surface area contributed by atoms with E-state index in [2.05, 4.69) is 4.98 Å². The largest absolute Gasteiger partial charge is 0.396 e. The van der Waals surface area contributed by atoms with Crippen molar-refractivity contribution in [2.24, 2.45) is 0 Å². The van der Waals surface area contributed by atoms with Crippen LogP contribution in [0.5, 0.6) is 0 Å². The van der Waals surface area contributed by atoms with E-state index in [0.29, 0.717) is 10.6 Å². The van der Waals surface area contributed by atoms with Crippen LogP contribution >= 0.6 is 11.6 Å². The molecule has 2 atom stereocenters. The van der Waals surface area contributed by atoms with Crippen LogP contribution in [0.4, 0.5) is 0 Å². The highest BCUT2D eigenvalue weighted by Gasteiger charge is 2.18. The fraction of sp³-hybridized carbons (Fsp3) is 0.444. The molecule has 1 aromatic rings. The molecule has 1 aromatic heterocycles. The summed E-state index contributed by atoms with van der Waals surface area (Å²) >= 11 is 5.67. The van der Waals surface area contributed by atoms with Gasteiger partial charge in [0.15, 0.2) is 0 Å². The van der Waals surface area contributed by atoms with Crippen LogP contribution in [0.3, 0.4) is 0 Å². The second-order valence-corrected chi connectivity index (χ2v) is 3.40. The number of aromatic nitrogens is 1. The first-order valence-electron chi connectivity index (χ1n) is 4.22. The van der Waals surface area contributed by atoms with Gasteiger partial charge < -0.3 is 15.3 Å². The zero-order valence-corrected chi connectivity index (χ0v) is 8.22. The Kier molecular flexibility index (Phi) is 4.28. The molecular formula is C9H12ClNO3. The smallest absolute Gasteiger partial charge is 0.106 e. The molecule has 0 saturated heterocycles. The van der Waals surface area contributed by atoms with Crippen molar-refractivity contribution in [1.29, 1.82) is 0 Å². The fourth-order valence-corrected chi connectivity index (χ4v) is 1.28. The SMILES string of the molecule is OCCC(O)C(O)c1cncc(Cl)c1. The van der Waals surface area contributed by atoms with Crippen molar-refractivity contribution in [3.05, 3.63) is 29.0 Å². The summed E-state index contributed by atoms with van der Waals surface area (Å²) in [5, 5.41) is 27.9. The van der Waals surface area contributed by atoms with E-state index in [0.717, 1.165) is 0 Å². The molecule has 78 valence electrons. The Bertz CT molecular complexity index is 295. The Morgan fingerprint density at radius 3 is 2.64 bits per heavy atom. The minimum Gasteiger partial charge on any atom is -0.396 e. The molecule has 3 N–H and O–H groups in total. The third kappa shape index (κ3) is 2.92. The molecule has 5 heteroatoms. The van der Waals surface area contributed by atoms with Gasteiger partial charge in [-0.25, -0.2) is 0 Å². The number of aliphatic hydroxyl groups is 3. The Morgan fingerprint density at radius 2 is 2.07 bits per heavy atom. The predicted molar refractivity (Wildman–Crippen MR) is 51.9 cm³/mol. The summed E-state index contributed by atoms with van der Waals surface area (Å²) < 4.78 is 0. The molecular weight excluding hydrogens is 206 g/mol. The summed E-state index contributed by atoms with van der Waals surface area (Å²) in [5.41, 5.74) is 0.443. The van der Waals surface area contributed by atoms with E-state index in [1.807, 2.05) is 0 Å². The van der Waals surface area contributed by atoms with Gasteiger partial charge in [0.2, 0.25) is 0 Å². The molecule has 0 saturated carbocycles. The first-order chi connectivity index (χ1) is 6.65. The summed E-state index contributed by atoms with van der Waals surface area (Å²) in [6, 6.07) is 1.53. The highest BCUT2D eigenvalue weighted by molar-refractivity contribution is 6.30. The molecule has 0 spiro atoms. The molecule has 0 aliphatic carbocycles. The molecule has 0 aromatic carbocycles. The van der Waals surface area contributed by atoms with Crippen LogP contribution in [0.1, 0.15) is 18.1 Å². The second-order valence-electron chi connectivity index (χ2n) is 2.96. The van der Waals surface area contributed by atoms with Crippen molar-refractivity contribution in [3.63, 3.8) is 0 Å². The number of halogens is 1. The first kappa shape index (κ1) is 11.4. The molecule has 1 heterocycles. The van der Waals surface area contributed by atoms with Gasteiger partial charge in [-0.1, -0.05) is 11.6 Å². The van der Waals surface area contributed by atoms with E-state index in [1.165, 1.54) is 18.5 Å². The van der Waals surface area contributed by atoms with Crippen LogP contribution in [-0.2, 0) is 0 Å². The monoisotopic (exact) mass is 217 g/mol. The molecule has 0 amide bonds. The fourth-order valence-electron chi connectivity index (χ4n) is 1.10. The predicted octanol–water partition coefficient (Wildman–Crippen LogP) is 0.512. The van der Waals surface area contributed by atoms with E-state index >= 15 is 0 Å². The van der Waals surface area contributed by atoms with E-state index in [-0.39, 0.29) is 13.0 Å². The Balaban J connectivity index is 2.73. The highest BCUT2D eigenvalue weighted by Crippen LogP contribution is 2.20. The molecule has 14 heavy (non-hydrogen) atoms. The van der Waals surface area contributed by atoms with Gasteiger partial charge in [-0.3, -0.25) is 4.98 Å².